The van der Waals surface area contributed by atoms with Gasteiger partial charge in [0.1, 0.15) is 5.82 Å². The van der Waals surface area contributed by atoms with Gasteiger partial charge in [-0.2, -0.15) is 0 Å². The zero-order chi connectivity index (χ0) is 11.8. The molecule has 86 valence electrons. The summed E-state index contributed by atoms with van der Waals surface area (Å²) in [5.41, 5.74) is 0.664. The van der Waals surface area contributed by atoms with Crippen molar-refractivity contribution >= 4 is 5.97 Å². The Bertz CT molecular complexity index is 377. The number of carbonyl (C=O) groups is 1. The summed E-state index contributed by atoms with van der Waals surface area (Å²) in [6, 6.07) is 6.62. The van der Waals surface area contributed by atoms with Gasteiger partial charge in [-0.3, -0.25) is 0 Å². The third kappa shape index (κ3) is 4.70. The molecule has 0 fully saturated rings. The molecule has 0 heterocycles. The van der Waals surface area contributed by atoms with Crippen LogP contribution in [-0.4, -0.2) is 24.2 Å². The summed E-state index contributed by atoms with van der Waals surface area (Å²) in [7, 11) is 0. The fourth-order valence-electron chi connectivity index (χ4n) is 1.27. The van der Waals surface area contributed by atoms with E-state index in [2.05, 4.69) is 5.32 Å². The van der Waals surface area contributed by atoms with Crippen LogP contribution >= 0.6 is 0 Å². The molecule has 0 unspecified atom stereocenters. The Morgan fingerprint density at radius 2 is 2.19 bits per heavy atom. The van der Waals surface area contributed by atoms with Crippen LogP contribution in [0.4, 0.5) is 4.39 Å². The van der Waals surface area contributed by atoms with Crippen LogP contribution in [-0.2, 0) is 11.2 Å². The fourth-order valence-corrected chi connectivity index (χ4v) is 1.27. The molecule has 0 aliphatic rings. The minimum atomic E-state index is -0.962. The molecule has 16 heavy (non-hydrogen) atoms. The van der Waals surface area contributed by atoms with E-state index in [1.807, 2.05) is 0 Å². The van der Waals surface area contributed by atoms with Gasteiger partial charge in [-0.05, 0) is 24.6 Å². The van der Waals surface area contributed by atoms with Crippen molar-refractivity contribution in [2.24, 2.45) is 0 Å². The van der Waals surface area contributed by atoms with Gasteiger partial charge in [0.25, 0.3) is 0 Å². The normalized spacial score (nSPS) is 10.8. The molecule has 4 heteroatoms. The highest BCUT2D eigenvalue weighted by molar-refractivity contribution is 5.79. The Morgan fingerprint density at radius 1 is 1.44 bits per heavy atom. The predicted octanol–water partition coefficient (Wildman–Crippen LogP) is 1.60. The lowest BCUT2D eigenvalue weighted by Gasteiger charge is -2.03. The molecule has 1 aromatic carbocycles. The monoisotopic (exact) mass is 223 g/mol. The van der Waals surface area contributed by atoms with Gasteiger partial charge in [0.2, 0.25) is 0 Å². The topological polar surface area (TPSA) is 49.3 Å². The van der Waals surface area contributed by atoms with Gasteiger partial charge in [-0.15, -0.1) is 0 Å². The molecular weight excluding hydrogens is 209 g/mol. The van der Waals surface area contributed by atoms with E-state index in [0.29, 0.717) is 25.1 Å². The predicted molar refractivity (Wildman–Crippen MR) is 59.7 cm³/mol. The van der Waals surface area contributed by atoms with Crippen molar-refractivity contribution in [2.45, 2.75) is 6.42 Å². The Labute approximate surface area is 93.6 Å². The van der Waals surface area contributed by atoms with E-state index in [-0.39, 0.29) is 5.82 Å². The maximum atomic E-state index is 13.2. The number of rotatable bonds is 6. The first-order chi connectivity index (χ1) is 7.70. The van der Waals surface area contributed by atoms with Crippen molar-refractivity contribution in [3.05, 3.63) is 47.8 Å². The summed E-state index contributed by atoms with van der Waals surface area (Å²) in [5.74, 6) is -1.17. The molecule has 0 saturated carbocycles. The zero-order valence-electron chi connectivity index (χ0n) is 8.82. The van der Waals surface area contributed by atoms with E-state index in [9.17, 15) is 9.18 Å². The average Bonchev–Trinajstić information content (AvgIpc) is 2.25. The first-order valence-electron chi connectivity index (χ1n) is 5.03. The molecule has 2 N–H and O–H groups in total. The molecule has 0 amide bonds. The van der Waals surface area contributed by atoms with Gasteiger partial charge >= 0.3 is 5.97 Å². The molecule has 3 nitrogen and oxygen atoms in total. The lowest BCUT2D eigenvalue weighted by Crippen LogP contribution is -2.17. The second-order valence-electron chi connectivity index (χ2n) is 3.29. The highest BCUT2D eigenvalue weighted by Gasteiger charge is 1.98. The third-order valence-electron chi connectivity index (χ3n) is 2.05. The number of hydrogen-bond acceptors (Lipinski definition) is 2. The number of benzene rings is 1. The fraction of sp³-hybridized carbons (Fsp3) is 0.250. The first kappa shape index (κ1) is 12.4. The van der Waals surface area contributed by atoms with Gasteiger partial charge < -0.3 is 10.4 Å². The van der Waals surface area contributed by atoms with Crippen molar-refractivity contribution in [2.75, 3.05) is 13.1 Å². The van der Waals surface area contributed by atoms with E-state index in [4.69, 9.17) is 5.11 Å². The van der Waals surface area contributed by atoms with Crippen LogP contribution in [0.3, 0.4) is 0 Å². The Kier molecular flexibility index (Phi) is 5.22. The molecule has 0 aliphatic heterocycles. The molecule has 1 rings (SSSR count). The van der Waals surface area contributed by atoms with Gasteiger partial charge in [0, 0.05) is 12.6 Å². The number of aliphatic carboxylic acids is 1. The van der Waals surface area contributed by atoms with Crippen molar-refractivity contribution < 1.29 is 14.3 Å². The summed E-state index contributed by atoms with van der Waals surface area (Å²) in [6.07, 6.45) is 3.19. The number of nitrogens with one attached hydrogen (secondary N) is 1. The van der Waals surface area contributed by atoms with Crippen LogP contribution in [0.1, 0.15) is 5.56 Å². The Hall–Kier alpha value is -1.68. The van der Waals surface area contributed by atoms with Crippen molar-refractivity contribution in [3.63, 3.8) is 0 Å². The van der Waals surface area contributed by atoms with Crippen LogP contribution in [0, 0.1) is 5.82 Å². The number of hydrogen-bond donors (Lipinski definition) is 2. The third-order valence-corrected chi connectivity index (χ3v) is 2.05. The van der Waals surface area contributed by atoms with Crippen LogP contribution in [0.5, 0.6) is 0 Å². The molecule has 0 saturated heterocycles. The van der Waals surface area contributed by atoms with Crippen molar-refractivity contribution in [3.8, 4) is 0 Å². The smallest absolute Gasteiger partial charge is 0.328 e. The molecular formula is C12H14FNO2. The second-order valence-corrected chi connectivity index (χ2v) is 3.29. The Balaban J connectivity index is 2.21. The highest BCUT2D eigenvalue weighted by Crippen LogP contribution is 2.05. The summed E-state index contributed by atoms with van der Waals surface area (Å²) in [5, 5.41) is 11.3. The second kappa shape index (κ2) is 6.74. The first-order valence-corrected chi connectivity index (χ1v) is 5.03. The molecule has 0 radical (unpaired) electrons. The minimum absolute atomic E-state index is 0.203. The van der Waals surface area contributed by atoms with E-state index >= 15 is 0 Å². The van der Waals surface area contributed by atoms with E-state index in [1.165, 1.54) is 12.1 Å². The summed E-state index contributed by atoms with van der Waals surface area (Å²) in [4.78, 5) is 10.1. The quantitative estimate of drug-likeness (QED) is 0.569. The van der Waals surface area contributed by atoms with Crippen molar-refractivity contribution in [1.82, 2.24) is 5.32 Å². The summed E-state index contributed by atoms with van der Waals surface area (Å²) < 4.78 is 13.2. The minimum Gasteiger partial charge on any atom is -0.478 e. The molecule has 0 bridgehead atoms. The standard InChI is InChI=1S/C12H14FNO2/c13-11-5-2-1-4-10(11)7-9-14-8-3-6-12(15)16/h1-6,14H,7-9H2,(H,15,16)/b6-3+. The molecule has 0 aromatic heterocycles. The van der Waals surface area contributed by atoms with Crippen LogP contribution in [0.15, 0.2) is 36.4 Å². The lowest BCUT2D eigenvalue weighted by molar-refractivity contribution is -0.131. The number of halogens is 1. The average molecular weight is 223 g/mol. The van der Waals surface area contributed by atoms with Gasteiger partial charge in [0.15, 0.2) is 0 Å². The molecule has 0 atom stereocenters. The SMILES string of the molecule is O=C(O)/C=C/CNCCc1ccccc1F. The Morgan fingerprint density at radius 3 is 2.88 bits per heavy atom. The maximum Gasteiger partial charge on any atom is 0.328 e. The zero-order valence-corrected chi connectivity index (χ0v) is 8.82. The van der Waals surface area contributed by atoms with Crippen LogP contribution in [0.2, 0.25) is 0 Å². The van der Waals surface area contributed by atoms with E-state index in [1.54, 1.807) is 18.2 Å². The summed E-state index contributed by atoms with van der Waals surface area (Å²) >= 11 is 0. The largest absolute Gasteiger partial charge is 0.478 e. The van der Waals surface area contributed by atoms with Crippen LogP contribution in [0.25, 0.3) is 0 Å². The molecule has 0 spiro atoms. The number of carboxylic acid groups (broad SMARTS) is 1. The summed E-state index contributed by atoms with van der Waals surface area (Å²) in [6.45, 7) is 1.09. The van der Waals surface area contributed by atoms with Crippen molar-refractivity contribution in [1.29, 1.82) is 0 Å². The van der Waals surface area contributed by atoms with E-state index < -0.39 is 5.97 Å². The van der Waals surface area contributed by atoms with Gasteiger partial charge in [-0.1, -0.05) is 24.3 Å². The highest BCUT2D eigenvalue weighted by atomic mass is 19.1. The lowest BCUT2D eigenvalue weighted by atomic mass is 10.1. The van der Waals surface area contributed by atoms with Gasteiger partial charge in [0.05, 0.1) is 0 Å². The van der Waals surface area contributed by atoms with E-state index in [0.717, 1.165) is 6.08 Å². The molecule has 0 aliphatic carbocycles. The van der Waals surface area contributed by atoms with Crippen LogP contribution < -0.4 is 5.32 Å². The number of carboxylic acids is 1. The molecule has 1 aromatic rings. The maximum absolute atomic E-state index is 13.2. The van der Waals surface area contributed by atoms with Gasteiger partial charge in [-0.25, -0.2) is 9.18 Å².